The lowest BCUT2D eigenvalue weighted by Crippen LogP contribution is -1.99. The maximum absolute atomic E-state index is 9.08. The third-order valence-corrected chi connectivity index (χ3v) is 3.71. The van der Waals surface area contributed by atoms with Crippen molar-refractivity contribution in [3.8, 4) is 6.07 Å². The number of benzene rings is 1. The third kappa shape index (κ3) is 2.02. The van der Waals surface area contributed by atoms with E-state index in [1.54, 1.807) is 12.1 Å². The van der Waals surface area contributed by atoms with Gasteiger partial charge in [0.25, 0.3) is 0 Å². The van der Waals surface area contributed by atoms with Crippen LogP contribution in [0.4, 0.5) is 5.69 Å². The van der Waals surface area contributed by atoms with Crippen LogP contribution in [0.2, 0.25) is 0 Å². The van der Waals surface area contributed by atoms with Gasteiger partial charge in [-0.25, -0.2) is 4.68 Å². The van der Waals surface area contributed by atoms with Gasteiger partial charge >= 0.3 is 0 Å². The van der Waals surface area contributed by atoms with E-state index in [-0.39, 0.29) is 0 Å². The van der Waals surface area contributed by atoms with Crippen molar-refractivity contribution in [2.24, 2.45) is 0 Å². The Bertz CT molecular complexity index is 625. The molecule has 0 aliphatic heterocycles. The number of nitrogens with two attached hydrogens (primary N) is 1. The zero-order valence-corrected chi connectivity index (χ0v) is 10.3. The topological polar surface area (TPSA) is 93.4 Å². The predicted molar refractivity (Wildman–Crippen MR) is 65.8 cm³/mol. The number of aromatic nitrogens is 4. The standard InChI is InChI=1S/C11H10N6S/c12-6-7-5-8(13)1-4-10(7)18-11-14-15-16-17(11)9-2-3-9/h1,4-5,9H,2-3,13H2. The smallest absolute Gasteiger partial charge is 0.214 e. The second-order valence-electron chi connectivity index (χ2n) is 4.11. The van der Waals surface area contributed by atoms with E-state index in [1.807, 2.05) is 10.7 Å². The zero-order chi connectivity index (χ0) is 12.5. The molecule has 0 unspecified atom stereocenters. The van der Waals surface area contributed by atoms with Crippen LogP contribution in [-0.4, -0.2) is 20.2 Å². The van der Waals surface area contributed by atoms with Crippen LogP contribution in [0.1, 0.15) is 24.4 Å². The Morgan fingerprint density at radius 2 is 2.28 bits per heavy atom. The van der Waals surface area contributed by atoms with E-state index in [2.05, 4.69) is 21.6 Å². The van der Waals surface area contributed by atoms with Gasteiger partial charge in [0.2, 0.25) is 5.16 Å². The van der Waals surface area contributed by atoms with E-state index in [4.69, 9.17) is 11.0 Å². The molecule has 1 aromatic carbocycles. The molecule has 0 radical (unpaired) electrons. The van der Waals surface area contributed by atoms with Gasteiger partial charge in [0, 0.05) is 10.6 Å². The highest BCUT2D eigenvalue weighted by atomic mass is 32.2. The minimum absolute atomic E-state index is 0.418. The fourth-order valence-corrected chi connectivity index (χ4v) is 2.53. The van der Waals surface area contributed by atoms with Crippen LogP contribution in [0.5, 0.6) is 0 Å². The molecule has 1 heterocycles. The quantitative estimate of drug-likeness (QED) is 0.841. The number of tetrazole rings is 1. The minimum atomic E-state index is 0.418. The Kier molecular flexibility index (Phi) is 2.64. The van der Waals surface area contributed by atoms with Crippen LogP contribution in [0, 0.1) is 11.3 Å². The fraction of sp³-hybridized carbons (Fsp3) is 0.273. The van der Waals surface area contributed by atoms with Crippen molar-refractivity contribution in [2.45, 2.75) is 28.9 Å². The van der Waals surface area contributed by atoms with Gasteiger partial charge in [0.05, 0.1) is 11.6 Å². The Balaban J connectivity index is 1.92. The van der Waals surface area contributed by atoms with Crippen LogP contribution in [-0.2, 0) is 0 Å². The molecule has 1 saturated carbocycles. The number of anilines is 1. The molecule has 18 heavy (non-hydrogen) atoms. The fourth-order valence-electron chi connectivity index (χ4n) is 1.62. The molecule has 1 aliphatic carbocycles. The number of rotatable bonds is 3. The average Bonchev–Trinajstić information content (AvgIpc) is 3.12. The number of hydrogen-bond acceptors (Lipinski definition) is 6. The summed E-state index contributed by atoms with van der Waals surface area (Å²) in [5, 5.41) is 21.5. The van der Waals surface area contributed by atoms with Gasteiger partial charge in [0.15, 0.2) is 0 Å². The zero-order valence-electron chi connectivity index (χ0n) is 9.45. The van der Waals surface area contributed by atoms with Gasteiger partial charge in [-0.1, -0.05) is 0 Å². The molecule has 7 heteroatoms. The first-order valence-corrected chi connectivity index (χ1v) is 6.35. The first-order chi connectivity index (χ1) is 8.78. The van der Waals surface area contributed by atoms with Gasteiger partial charge in [-0.2, -0.15) is 5.26 Å². The lowest BCUT2D eigenvalue weighted by molar-refractivity contribution is 0.565. The van der Waals surface area contributed by atoms with Gasteiger partial charge in [-0.3, -0.25) is 0 Å². The van der Waals surface area contributed by atoms with E-state index in [9.17, 15) is 0 Å². The van der Waals surface area contributed by atoms with Crippen LogP contribution in [0.25, 0.3) is 0 Å². The lowest BCUT2D eigenvalue weighted by atomic mass is 10.2. The summed E-state index contributed by atoms with van der Waals surface area (Å²) in [6.07, 6.45) is 2.23. The second-order valence-corrected chi connectivity index (χ2v) is 5.12. The van der Waals surface area contributed by atoms with Crippen LogP contribution >= 0.6 is 11.8 Å². The van der Waals surface area contributed by atoms with Gasteiger partial charge in [-0.05, 0) is 53.2 Å². The Morgan fingerprint density at radius 3 is 3.00 bits per heavy atom. The van der Waals surface area contributed by atoms with Crippen LogP contribution in [0.3, 0.4) is 0 Å². The van der Waals surface area contributed by atoms with Crippen molar-refractivity contribution < 1.29 is 0 Å². The Hall–Kier alpha value is -2.07. The summed E-state index contributed by atoms with van der Waals surface area (Å²) in [4.78, 5) is 0.823. The number of nitriles is 1. The monoisotopic (exact) mass is 258 g/mol. The summed E-state index contributed by atoms with van der Waals surface area (Å²) in [7, 11) is 0. The summed E-state index contributed by atoms with van der Waals surface area (Å²) in [5.74, 6) is 0. The molecule has 0 spiro atoms. The molecule has 3 rings (SSSR count). The molecule has 1 aromatic heterocycles. The average molecular weight is 258 g/mol. The molecule has 0 saturated heterocycles. The van der Waals surface area contributed by atoms with E-state index in [1.165, 1.54) is 11.8 Å². The SMILES string of the molecule is N#Cc1cc(N)ccc1Sc1nnnn1C1CC1. The highest BCUT2D eigenvalue weighted by molar-refractivity contribution is 7.99. The van der Waals surface area contributed by atoms with Crippen molar-refractivity contribution in [2.75, 3.05) is 5.73 Å². The molecular formula is C11H10N6S. The molecular weight excluding hydrogens is 248 g/mol. The van der Waals surface area contributed by atoms with Crippen molar-refractivity contribution in [3.05, 3.63) is 23.8 Å². The third-order valence-electron chi connectivity index (χ3n) is 2.68. The first kappa shape index (κ1) is 11.0. The number of hydrogen-bond donors (Lipinski definition) is 1. The summed E-state index contributed by atoms with van der Waals surface area (Å²) in [6, 6.07) is 7.81. The largest absolute Gasteiger partial charge is 0.399 e. The molecule has 0 bridgehead atoms. The molecule has 0 atom stereocenters. The summed E-state index contributed by atoms with van der Waals surface area (Å²) < 4.78 is 1.82. The highest BCUT2D eigenvalue weighted by Crippen LogP contribution is 2.38. The molecule has 0 amide bonds. The molecule has 1 fully saturated rings. The maximum Gasteiger partial charge on any atom is 0.214 e. The van der Waals surface area contributed by atoms with Crippen LogP contribution < -0.4 is 5.73 Å². The van der Waals surface area contributed by atoms with Crippen molar-refractivity contribution in [1.82, 2.24) is 20.2 Å². The Morgan fingerprint density at radius 1 is 1.44 bits per heavy atom. The van der Waals surface area contributed by atoms with E-state index >= 15 is 0 Å². The normalized spacial score (nSPS) is 14.4. The maximum atomic E-state index is 9.08. The minimum Gasteiger partial charge on any atom is -0.399 e. The first-order valence-electron chi connectivity index (χ1n) is 5.53. The van der Waals surface area contributed by atoms with Gasteiger partial charge < -0.3 is 5.73 Å². The van der Waals surface area contributed by atoms with E-state index in [0.29, 0.717) is 17.3 Å². The molecule has 6 nitrogen and oxygen atoms in total. The van der Waals surface area contributed by atoms with Crippen molar-refractivity contribution >= 4 is 17.4 Å². The summed E-state index contributed by atoms with van der Waals surface area (Å²) >= 11 is 1.40. The highest BCUT2D eigenvalue weighted by Gasteiger charge is 2.28. The lowest BCUT2D eigenvalue weighted by Gasteiger charge is -2.04. The van der Waals surface area contributed by atoms with Crippen molar-refractivity contribution in [3.63, 3.8) is 0 Å². The molecule has 2 N–H and O–H groups in total. The van der Waals surface area contributed by atoms with Gasteiger partial charge in [0.1, 0.15) is 6.07 Å². The molecule has 90 valence electrons. The molecule has 1 aliphatic rings. The second kappa shape index (κ2) is 4.31. The summed E-state index contributed by atoms with van der Waals surface area (Å²) in [5.41, 5.74) is 6.79. The predicted octanol–water partition coefficient (Wildman–Crippen LogP) is 1.61. The summed E-state index contributed by atoms with van der Waals surface area (Å²) in [6.45, 7) is 0. The van der Waals surface area contributed by atoms with E-state index in [0.717, 1.165) is 22.9 Å². The van der Waals surface area contributed by atoms with Crippen molar-refractivity contribution in [1.29, 1.82) is 5.26 Å². The van der Waals surface area contributed by atoms with E-state index < -0.39 is 0 Å². The number of nitrogens with zero attached hydrogens (tertiary/aromatic N) is 5. The molecule has 2 aromatic rings. The Labute approximate surface area is 108 Å². The van der Waals surface area contributed by atoms with Crippen LogP contribution in [0.15, 0.2) is 28.3 Å². The van der Waals surface area contributed by atoms with Gasteiger partial charge in [-0.15, -0.1) is 5.10 Å². The number of nitrogen functional groups attached to an aromatic ring is 1.